The van der Waals surface area contributed by atoms with Crippen molar-refractivity contribution in [2.45, 2.75) is 12.8 Å². The summed E-state index contributed by atoms with van der Waals surface area (Å²) in [5.74, 6) is -1.03. The average Bonchev–Trinajstić information content (AvgIpc) is 2.91. The first-order valence-corrected chi connectivity index (χ1v) is 8.17. The molecule has 0 bridgehead atoms. The first-order chi connectivity index (χ1) is 10.1. The van der Waals surface area contributed by atoms with Crippen LogP contribution in [0.5, 0.6) is 0 Å². The monoisotopic (exact) mass is 365 g/mol. The summed E-state index contributed by atoms with van der Waals surface area (Å²) >= 11 is 4.76. The van der Waals surface area contributed by atoms with E-state index in [1.54, 1.807) is 17.0 Å². The quantitative estimate of drug-likeness (QED) is 0.880. The molecule has 1 aromatic carbocycles. The van der Waals surface area contributed by atoms with Crippen molar-refractivity contribution >= 4 is 44.8 Å². The summed E-state index contributed by atoms with van der Waals surface area (Å²) in [5.41, 5.74) is 1.75. The molecule has 1 aliphatic heterocycles. The number of halogens is 1. The summed E-state index contributed by atoms with van der Waals surface area (Å²) in [6.45, 7) is 0.610. The van der Waals surface area contributed by atoms with Crippen LogP contribution in [0, 0.1) is 0 Å². The van der Waals surface area contributed by atoms with Crippen LogP contribution in [0.3, 0.4) is 0 Å². The number of hydrogen-bond donors (Lipinski definition) is 1. The molecule has 0 aliphatic carbocycles. The summed E-state index contributed by atoms with van der Waals surface area (Å²) in [7, 11) is 0. The number of amides is 1. The molecule has 0 radical (unpaired) electrons. The van der Waals surface area contributed by atoms with Gasteiger partial charge >= 0.3 is 5.97 Å². The van der Waals surface area contributed by atoms with Gasteiger partial charge in [-0.25, -0.2) is 4.79 Å². The van der Waals surface area contributed by atoms with E-state index < -0.39 is 5.97 Å². The maximum atomic E-state index is 12.7. The van der Waals surface area contributed by atoms with E-state index in [1.165, 1.54) is 11.3 Å². The molecular weight excluding hydrogens is 354 g/mol. The molecular formula is C15H12BrNO3S. The highest BCUT2D eigenvalue weighted by Gasteiger charge is 2.28. The minimum absolute atomic E-state index is 0.0830. The topological polar surface area (TPSA) is 57.6 Å². The Morgan fingerprint density at radius 1 is 1.29 bits per heavy atom. The molecule has 1 aliphatic rings. The summed E-state index contributed by atoms with van der Waals surface area (Å²) in [6.07, 6.45) is 1.46. The van der Waals surface area contributed by atoms with Crippen LogP contribution >= 0.6 is 27.3 Å². The lowest BCUT2D eigenvalue weighted by molar-refractivity contribution is 0.0695. The molecule has 0 saturated carbocycles. The molecule has 0 fully saturated rings. The number of carboxylic acid groups (broad SMARTS) is 1. The highest BCUT2D eigenvalue weighted by Crippen LogP contribution is 2.33. The van der Waals surface area contributed by atoms with Crippen LogP contribution in [0.1, 0.15) is 32.0 Å². The lowest BCUT2D eigenvalue weighted by Crippen LogP contribution is -2.35. The number of thiophene rings is 1. The van der Waals surface area contributed by atoms with Gasteiger partial charge in [-0.15, -0.1) is 11.3 Å². The third kappa shape index (κ3) is 2.49. The van der Waals surface area contributed by atoms with Crippen LogP contribution in [-0.4, -0.2) is 23.5 Å². The third-order valence-electron chi connectivity index (χ3n) is 3.54. The highest BCUT2D eigenvalue weighted by atomic mass is 79.9. The largest absolute Gasteiger partial charge is 0.478 e. The van der Waals surface area contributed by atoms with Gasteiger partial charge in [0.1, 0.15) is 4.88 Å². The summed E-state index contributed by atoms with van der Waals surface area (Å²) in [5, 5.41) is 11.1. The minimum atomic E-state index is -0.946. The van der Waals surface area contributed by atoms with Gasteiger partial charge in [0, 0.05) is 16.7 Å². The number of aromatic carboxylic acids is 1. The zero-order chi connectivity index (χ0) is 15.0. The van der Waals surface area contributed by atoms with E-state index in [0.29, 0.717) is 23.5 Å². The van der Waals surface area contributed by atoms with Crippen LogP contribution in [0.25, 0.3) is 0 Å². The molecule has 1 aromatic heterocycles. The Morgan fingerprint density at radius 2 is 2.10 bits per heavy atom. The van der Waals surface area contributed by atoms with Crippen molar-refractivity contribution < 1.29 is 14.7 Å². The second-order valence-corrected chi connectivity index (χ2v) is 6.54. The van der Waals surface area contributed by atoms with E-state index in [4.69, 9.17) is 0 Å². The molecule has 4 nitrogen and oxygen atoms in total. The van der Waals surface area contributed by atoms with E-state index in [-0.39, 0.29) is 11.5 Å². The molecule has 1 N–H and O–H groups in total. The summed E-state index contributed by atoms with van der Waals surface area (Å²) in [6, 6.07) is 6.95. The zero-order valence-corrected chi connectivity index (χ0v) is 13.4. The number of carbonyl (C=O) groups is 2. The van der Waals surface area contributed by atoms with Crippen LogP contribution in [0.4, 0.5) is 5.69 Å². The smallest absolute Gasteiger partial charge is 0.336 e. The predicted octanol–water partition coefficient (Wildman–Crippen LogP) is 3.80. The fourth-order valence-electron chi connectivity index (χ4n) is 2.60. The van der Waals surface area contributed by atoms with Gasteiger partial charge in [0.2, 0.25) is 0 Å². The summed E-state index contributed by atoms with van der Waals surface area (Å²) in [4.78, 5) is 26.3. The number of carbonyl (C=O) groups excluding carboxylic acids is 1. The number of rotatable bonds is 2. The molecule has 2 aromatic rings. The molecule has 2 heterocycles. The molecule has 6 heteroatoms. The van der Waals surface area contributed by atoms with Crippen molar-refractivity contribution in [1.82, 2.24) is 0 Å². The van der Waals surface area contributed by atoms with Crippen molar-refractivity contribution in [3.05, 3.63) is 50.1 Å². The Balaban J connectivity index is 2.05. The van der Waals surface area contributed by atoms with Gasteiger partial charge in [-0.3, -0.25) is 4.79 Å². The van der Waals surface area contributed by atoms with Crippen molar-refractivity contribution in [2.75, 3.05) is 11.4 Å². The summed E-state index contributed by atoms with van der Waals surface area (Å²) < 4.78 is 0.777. The number of benzene rings is 1. The zero-order valence-electron chi connectivity index (χ0n) is 11.0. The van der Waals surface area contributed by atoms with Crippen LogP contribution in [0.15, 0.2) is 34.1 Å². The lowest BCUT2D eigenvalue weighted by atomic mass is 9.96. The van der Waals surface area contributed by atoms with Crippen LogP contribution in [0.2, 0.25) is 0 Å². The van der Waals surface area contributed by atoms with Gasteiger partial charge in [0.15, 0.2) is 0 Å². The molecule has 21 heavy (non-hydrogen) atoms. The first-order valence-electron chi connectivity index (χ1n) is 6.49. The van der Waals surface area contributed by atoms with Crippen molar-refractivity contribution in [3.63, 3.8) is 0 Å². The van der Waals surface area contributed by atoms with Gasteiger partial charge in [-0.05, 0) is 57.9 Å². The Kier molecular flexibility index (Phi) is 3.82. The lowest BCUT2D eigenvalue weighted by Gasteiger charge is -2.30. The van der Waals surface area contributed by atoms with Crippen molar-refractivity contribution in [1.29, 1.82) is 0 Å². The number of anilines is 1. The Bertz CT molecular complexity index is 725. The number of fused-ring (bicyclic) bond motifs is 1. The van der Waals surface area contributed by atoms with Gasteiger partial charge in [-0.1, -0.05) is 6.07 Å². The Labute approximate surface area is 134 Å². The van der Waals surface area contributed by atoms with E-state index in [1.807, 2.05) is 17.5 Å². The maximum absolute atomic E-state index is 12.7. The number of nitrogens with zero attached hydrogens (tertiary/aromatic N) is 1. The van der Waals surface area contributed by atoms with Crippen LogP contribution < -0.4 is 4.90 Å². The SMILES string of the molecule is O=C(O)c1cccc2c1CCCN2C(=O)c1sccc1Br. The normalized spacial score (nSPS) is 13.9. The molecule has 108 valence electrons. The van der Waals surface area contributed by atoms with E-state index in [9.17, 15) is 14.7 Å². The van der Waals surface area contributed by atoms with E-state index in [2.05, 4.69) is 15.9 Å². The number of hydrogen-bond acceptors (Lipinski definition) is 3. The Morgan fingerprint density at radius 3 is 2.76 bits per heavy atom. The fourth-order valence-corrected chi connectivity index (χ4v) is 4.09. The highest BCUT2D eigenvalue weighted by molar-refractivity contribution is 9.10. The molecule has 0 spiro atoms. The fraction of sp³-hybridized carbons (Fsp3) is 0.200. The average molecular weight is 366 g/mol. The van der Waals surface area contributed by atoms with Gasteiger partial charge in [0.05, 0.1) is 5.56 Å². The maximum Gasteiger partial charge on any atom is 0.336 e. The molecule has 0 saturated heterocycles. The molecule has 0 atom stereocenters. The molecule has 0 unspecified atom stereocenters. The minimum Gasteiger partial charge on any atom is -0.478 e. The van der Waals surface area contributed by atoms with Gasteiger partial charge in [-0.2, -0.15) is 0 Å². The Hall–Kier alpha value is -1.66. The standard InChI is InChI=1S/C15H12BrNO3S/c16-11-6-8-21-13(11)14(18)17-7-2-4-9-10(15(19)20)3-1-5-12(9)17/h1,3,5-6,8H,2,4,7H2,(H,19,20). The predicted molar refractivity (Wildman–Crippen MR) is 85.4 cm³/mol. The first kappa shape index (κ1) is 14.3. The number of carboxylic acids is 1. The van der Waals surface area contributed by atoms with E-state index >= 15 is 0 Å². The van der Waals surface area contributed by atoms with E-state index in [0.717, 1.165) is 16.5 Å². The van der Waals surface area contributed by atoms with Gasteiger partial charge < -0.3 is 10.0 Å². The van der Waals surface area contributed by atoms with Crippen molar-refractivity contribution in [2.24, 2.45) is 0 Å². The van der Waals surface area contributed by atoms with Crippen LogP contribution in [-0.2, 0) is 6.42 Å². The molecule has 1 amide bonds. The second kappa shape index (κ2) is 5.61. The second-order valence-electron chi connectivity index (χ2n) is 4.77. The molecule has 3 rings (SSSR count). The van der Waals surface area contributed by atoms with Crippen molar-refractivity contribution in [3.8, 4) is 0 Å². The van der Waals surface area contributed by atoms with Gasteiger partial charge in [0.25, 0.3) is 5.91 Å². The third-order valence-corrected chi connectivity index (χ3v) is 5.36.